The molecule has 1 aliphatic carbocycles. The van der Waals surface area contributed by atoms with Gasteiger partial charge in [0.1, 0.15) is 11.6 Å². The van der Waals surface area contributed by atoms with Gasteiger partial charge in [-0.05, 0) is 39.2 Å². The Morgan fingerprint density at radius 2 is 2.21 bits per heavy atom. The van der Waals surface area contributed by atoms with Crippen molar-refractivity contribution in [1.29, 1.82) is 0 Å². The number of aryl methyl sites for hydroxylation is 1. The van der Waals surface area contributed by atoms with E-state index in [0.717, 1.165) is 37.2 Å². The van der Waals surface area contributed by atoms with Gasteiger partial charge in [0.2, 0.25) is 0 Å². The second-order valence-corrected chi connectivity index (χ2v) is 3.98. The number of nitrogens with zero attached hydrogens (tertiary/aromatic N) is 3. The Kier molecular flexibility index (Phi) is 2.82. The van der Waals surface area contributed by atoms with Crippen molar-refractivity contribution >= 4 is 0 Å². The molecule has 4 nitrogen and oxygen atoms in total. The van der Waals surface area contributed by atoms with Gasteiger partial charge in [-0.2, -0.15) is 0 Å². The Labute approximate surface area is 84.7 Å². The fourth-order valence-electron chi connectivity index (χ4n) is 1.68. The van der Waals surface area contributed by atoms with E-state index in [0.29, 0.717) is 0 Å². The predicted octanol–water partition coefficient (Wildman–Crippen LogP) is 1.11. The van der Waals surface area contributed by atoms with Crippen LogP contribution in [0.1, 0.15) is 31.4 Å². The van der Waals surface area contributed by atoms with Crippen LogP contribution in [-0.4, -0.2) is 21.3 Å². The molecule has 2 rings (SSSR count). The first-order valence-corrected chi connectivity index (χ1v) is 5.40. The van der Waals surface area contributed by atoms with Gasteiger partial charge in [0.05, 0.1) is 6.54 Å². The fraction of sp³-hybridized carbons (Fsp3) is 0.800. The second kappa shape index (κ2) is 4.09. The molecule has 0 aromatic carbocycles. The summed E-state index contributed by atoms with van der Waals surface area (Å²) in [6.07, 6.45) is 2.79. The summed E-state index contributed by atoms with van der Waals surface area (Å²) in [5.41, 5.74) is 0. The monoisotopic (exact) mass is 194 g/mol. The molecule has 4 heteroatoms. The van der Waals surface area contributed by atoms with Gasteiger partial charge in [0, 0.05) is 6.54 Å². The van der Waals surface area contributed by atoms with Gasteiger partial charge in [-0.15, -0.1) is 10.2 Å². The molecule has 1 aromatic rings. The molecule has 0 aliphatic heterocycles. The lowest BCUT2D eigenvalue weighted by Gasteiger charge is -2.05. The number of hydrogen-bond donors (Lipinski definition) is 1. The lowest BCUT2D eigenvalue weighted by atomic mass is 10.4. The summed E-state index contributed by atoms with van der Waals surface area (Å²) in [7, 11) is 0. The first kappa shape index (κ1) is 9.65. The van der Waals surface area contributed by atoms with Crippen molar-refractivity contribution in [3.63, 3.8) is 0 Å². The van der Waals surface area contributed by atoms with Crippen LogP contribution in [0, 0.1) is 12.8 Å². The van der Waals surface area contributed by atoms with Gasteiger partial charge in [0.25, 0.3) is 0 Å². The highest BCUT2D eigenvalue weighted by atomic mass is 15.3. The van der Waals surface area contributed by atoms with E-state index in [-0.39, 0.29) is 0 Å². The third-order valence-corrected chi connectivity index (χ3v) is 2.74. The fourth-order valence-corrected chi connectivity index (χ4v) is 1.68. The van der Waals surface area contributed by atoms with Crippen LogP contribution in [0.2, 0.25) is 0 Å². The summed E-state index contributed by atoms with van der Waals surface area (Å²) in [6.45, 7) is 7.07. The third kappa shape index (κ3) is 2.12. The van der Waals surface area contributed by atoms with E-state index in [1.807, 2.05) is 6.92 Å². The van der Waals surface area contributed by atoms with Crippen molar-refractivity contribution in [3.8, 4) is 0 Å². The van der Waals surface area contributed by atoms with Crippen LogP contribution >= 0.6 is 0 Å². The minimum Gasteiger partial charge on any atom is -0.314 e. The van der Waals surface area contributed by atoms with Crippen molar-refractivity contribution in [2.75, 3.05) is 6.54 Å². The molecule has 1 heterocycles. The first-order valence-electron chi connectivity index (χ1n) is 5.40. The summed E-state index contributed by atoms with van der Waals surface area (Å²) in [5, 5.41) is 11.7. The van der Waals surface area contributed by atoms with Gasteiger partial charge in [-0.3, -0.25) is 0 Å². The molecule has 0 radical (unpaired) electrons. The molecule has 0 unspecified atom stereocenters. The Bertz CT molecular complexity index is 301. The third-order valence-electron chi connectivity index (χ3n) is 2.74. The molecule has 0 atom stereocenters. The zero-order chi connectivity index (χ0) is 9.97. The molecule has 1 aromatic heterocycles. The number of hydrogen-bond acceptors (Lipinski definition) is 3. The van der Waals surface area contributed by atoms with Gasteiger partial charge in [-0.25, -0.2) is 0 Å². The van der Waals surface area contributed by atoms with Crippen LogP contribution in [0.3, 0.4) is 0 Å². The van der Waals surface area contributed by atoms with E-state index in [1.165, 1.54) is 12.8 Å². The van der Waals surface area contributed by atoms with Crippen molar-refractivity contribution < 1.29 is 0 Å². The largest absolute Gasteiger partial charge is 0.314 e. The Balaban J connectivity index is 1.87. The van der Waals surface area contributed by atoms with E-state index in [4.69, 9.17) is 0 Å². The quantitative estimate of drug-likeness (QED) is 0.763. The summed E-state index contributed by atoms with van der Waals surface area (Å²) < 4.78 is 2.15. The van der Waals surface area contributed by atoms with Crippen molar-refractivity contribution in [2.24, 2.45) is 5.92 Å². The predicted molar refractivity (Wildman–Crippen MR) is 54.9 cm³/mol. The van der Waals surface area contributed by atoms with Crippen LogP contribution in [0.4, 0.5) is 0 Å². The lowest BCUT2D eigenvalue weighted by molar-refractivity contribution is 0.584. The van der Waals surface area contributed by atoms with Crippen molar-refractivity contribution in [3.05, 3.63) is 11.6 Å². The topological polar surface area (TPSA) is 42.7 Å². The minimum absolute atomic E-state index is 0.852. The first-order chi connectivity index (χ1) is 6.81. The van der Waals surface area contributed by atoms with Crippen LogP contribution < -0.4 is 5.32 Å². The molecule has 1 aliphatic rings. The second-order valence-electron chi connectivity index (χ2n) is 3.98. The molecule has 0 bridgehead atoms. The summed E-state index contributed by atoms with van der Waals surface area (Å²) >= 11 is 0. The highest BCUT2D eigenvalue weighted by Gasteiger charge is 2.20. The summed E-state index contributed by atoms with van der Waals surface area (Å²) in [6, 6.07) is 0. The van der Waals surface area contributed by atoms with Gasteiger partial charge < -0.3 is 9.88 Å². The maximum Gasteiger partial charge on any atom is 0.146 e. The smallest absolute Gasteiger partial charge is 0.146 e. The maximum absolute atomic E-state index is 4.15. The highest BCUT2D eigenvalue weighted by molar-refractivity contribution is 4.93. The minimum atomic E-state index is 0.852. The molecule has 0 saturated heterocycles. The number of aromatic nitrogens is 3. The van der Waals surface area contributed by atoms with Crippen LogP contribution in [-0.2, 0) is 13.1 Å². The normalized spacial score (nSPS) is 16.1. The molecule has 1 saturated carbocycles. The van der Waals surface area contributed by atoms with E-state index >= 15 is 0 Å². The van der Waals surface area contributed by atoms with E-state index < -0.39 is 0 Å². The summed E-state index contributed by atoms with van der Waals surface area (Å²) in [4.78, 5) is 0. The Hall–Kier alpha value is -0.900. The van der Waals surface area contributed by atoms with Crippen molar-refractivity contribution in [2.45, 2.75) is 39.8 Å². The average molecular weight is 194 g/mol. The molecular weight excluding hydrogens is 176 g/mol. The van der Waals surface area contributed by atoms with Crippen molar-refractivity contribution in [1.82, 2.24) is 20.1 Å². The zero-order valence-electron chi connectivity index (χ0n) is 8.95. The lowest BCUT2D eigenvalue weighted by Crippen LogP contribution is -2.19. The molecule has 1 N–H and O–H groups in total. The Morgan fingerprint density at radius 1 is 1.43 bits per heavy atom. The van der Waals surface area contributed by atoms with E-state index in [9.17, 15) is 0 Å². The van der Waals surface area contributed by atoms with Gasteiger partial charge in [-0.1, -0.05) is 0 Å². The molecule has 0 spiro atoms. The van der Waals surface area contributed by atoms with E-state index in [2.05, 4.69) is 27.0 Å². The average Bonchev–Trinajstić information content (AvgIpc) is 2.92. The highest BCUT2D eigenvalue weighted by Crippen LogP contribution is 2.27. The van der Waals surface area contributed by atoms with Crippen LogP contribution in [0.5, 0.6) is 0 Å². The molecule has 1 fully saturated rings. The van der Waals surface area contributed by atoms with Gasteiger partial charge >= 0.3 is 0 Å². The Morgan fingerprint density at radius 3 is 2.86 bits per heavy atom. The van der Waals surface area contributed by atoms with E-state index in [1.54, 1.807) is 0 Å². The molecule has 0 amide bonds. The number of nitrogens with one attached hydrogen (secondary N) is 1. The number of rotatable bonds is 5. The summed E-state index contributed by atoms with van der Waals surface area (Å²) in [5.74, 6) is 3.00. The van der Waals surface area contributed by atoms with Gasteiger partial charge in [0.15, 0.2) is 0 Å². The SMILES string of the molecule is CCn1c(C)nnc1CNCC1CC1. The molecule has 14 heavy (non-hydrogen) atoms. The van der Waals surface area contributed by atoms with Crippen LogP contribution in [0.15, 0.2) is 0 Å². The zero-order valence-corrected chi connectivity index (χ0v) is 8.95. The van der Waals surface area contributed by atoms with Crippen LogP contribution in [0.25, 0.3) is 0 Å². The molecular formula is C10H18N4. The standard InChI is InChI=1S/C10H18N4/c1-3-14-8(2)12-13-10(14)7-11-6-9-4-5-9/h9,11H,3-7H2,1-2H3. The maximum atomic E-state index is 4.15. The molecule has 78 valence electrons.